The molecule has 0 unspecified atom stereocenters. The molecule has 4 rings (SSSR count). The predicted octanol–water partition coefficient (Wildman–Crippen LogP) is 2.57. The quantitative estimate of drug-likeness (QED) is 0.824. The van der Waals surface area contributed by atoms with Crippen LogP contribution in [0.4, 0.5) is 9.59 Å². The third-order valence-electron chi connectivity index (χ3n) is 5.36. The van der Waals surface area contributed by atoms with Crippen molar-refractivity contribution in [2.45, 2.75) is 38.3 Å². The molecule has 0 radical (unpaired) electrons. The first kappa shape index (κ1) is 15.9. The fourth-order valence-electron chi connectivity index (χ4n) is 4.60. The van der Waals surface area contributed by atoms with Gasteiger partial charge < -0.3 is 9.47 Å². The maximum absolute atomic E-state index is 12.9. The molecule has 1 aliphatic heterocycles. The molecule has 1 aromatic rings. The lowest BCUT2D eigenvalue weighted by molar-refractivity contribution is -0.0537. The van der Waals surface area contributed by atoms with Gasteiger partial charge in [0, 0.05) is 11.5 Å². The van der Waals surface area contributed by atoms with Crippen molar-refractivity contribution in [1.29, 1.82) is 0 Å². The Morgan fingerprint density at radius 3 is 2.16 bits per heavy atom. The summed E-state index contributed by atoms with van der Waals surface area (Å²) < 4.78 is 10.3. The summed E-state index contributed by atoms with van der Waals surface area (Å²) in [5, 5.41) is 2.67. The van der Waals surface area contributed by atoms with E-state index in [9.17, 15) is 14.4 Å². The van der Waals surface area contributed by atoms with Gasteiger partial charge in [-0.15, -0.1) is 0 Å². The van der Waals surface area contributed by atoms with Crippen LogP contribution in [-0.4, -0.2) is 53.3 Å². The van der Waals surface area contributed by atoms with Gasteiger partial charge in [-0.05, 0) is 25.8 Å². The Bertz CT molecular complexity index is 749. The molecule has 3 aliphatic rings. The summed E-state index contributed by atoms with van der Waals surface area (Å²) in [6.07, 6.45) is -0.615. The first-order valence-electron chi connectivity index (χ1n) is 8.65. The molecule has 4 atom stereocenters. The van der Waals surface area contributed by atoms with Crippen LogP contribution >= 0.6 is 0 Å². The SMILES string of the molecule is CCOC(=O)N1[C@@H]2C[C@@H]([C@H]3c4ccccc4C(=O)[C@H]32)N1C(=O)OCC. The summed E-state index contributed by atoms with van der Waals surface area (Å²) in [6, 6.07) is 6.85. The van der Waals surface area contributed by atoms with Crippen LogP contribution < -0.4 is 0 Å². The van der Waals surface area contributed by atoms with Crippen molar-refractivity contribution < 1.29 is 23.9 Å². The smallest absolute Gasteiger partial charge is 0.429 e. The number of hydrazine groups is 1. The lowest BCUT2D eigenvalue weighted by atomic mass is 9.90. The Labute approximate surface area is 145 Å². The summed E-state index contributed by atoms with van der Waals surface area (Å²) in [7, 11) is 0. The van der Waals surface area contributed by atoms with Gasteiger partial charge in [-0.2, -0.15) is 0 Å². The summed E-state index contributed by atoms with van der Waals surface area (Å²) in [5.74, 6) is -0.368. The Balaban J connectivity index is 1.75. The average molecular weight is 344 g/mol. The molecule has 0 N–H and O–H groups in total. The van der Waals surface area contributed by atoms with Gasteiger partial charge in [0.05, 0.1) is 31.2 Å². The van der Waals surface area contributed by atoms with Gasteiger partial charge in [-0.25, -0.2) is 19.6 Å². The fourth-order valence-corrected chi connectivity index (χ4v) is 4.60. The van der Waals surface area contributed by atoms with E-state index in [1.54, 1.807) is 13.8 Å². The van der Waals surface area contributed by atoms with Gasteiger partial charge >= 0.3 is 12.2 Å². The minimum absolute atomic E-state index is 0.0471. The maximum atomic E-state index is 12.9. The number of benzene rings is 1. The zero-order valence-electron chi connectivity index (χ0n) is 14.2. The van der Waals surface area contributed by atoms with Gasteiger partial charge in [0.25, 0.3) is 0 Å². The number of carbonyl (C=O) groups excluding carboxylic acids is 3. The number of hydrogen-bond acceptors (Lipinski definition) is 5. The maximum Gasteiger partial charge on any atom is 0.429 e. The molecular weight excluding hydrogens is 324 g/mol. The largest absolute Gasteiger partial charge is 0.448 e. The zero-order valence-corrected chi connectivity index (χ0v) is 14.2. The highest BCUT2D eigenvalue weighted by Crippen LogP contribution is 2.56. The van der Waals surface area contributed by atoms with Crippen LogP contribution in [0, 0.1) is 5.92 Å². The van der Waals surface area contributed by atoms with Crippen LogP contribution in [-0.2, 0) is 9.47 Å². The molecule has 132 valence electrons. The van der Waals surface area contributed by atoms with Crippen LogP contribution in [0.2, 0.25) is 0 Å². The second-order valence-corrected chi connectivity index (χ2v) is 6.46. The molecule has 2 bridgehead atoms. The predicted molar refractivity (Wildman–Crippen MR) is 86.9 cm³/mol. The van der Waals surface area contributed by atoms with E-state index in [-0.39, 0.29) is 42.9 Å². The van der Waals surface area contributed by atoms with Crippen LogP contribution in [0.25, 0.3) is 0 Å². The molecule has 7 heteroatoms. The number of nitrogens with zero attached hydrogens (tertiary/aromatic N) is 2. The molecule has 0 spiro atoms. The minimum atomic E-state index is -0.606. The molecule has 2 amide bonds. The van der Waals surface area contributed by atoms with Gasteiger partial charge in [-0.3, -0.25) is 4.79 Å². The Morgan fingerprint density at radius 2 is 1.56 bits per heavy atom. The number of hydrogen-bond donors (Lipinski definition) is 0. The number of Topliss-reactive ketones (excluding diaryl/α,β-unsaturated/α-hetero) is 1. The summed E-state index contributed by atoms with van der Waals surface area (Å²) >= 11 is 0. The molecule has 2 fully saturated rings. The van der Waals surface area contributed by atoms with Crippen LogP contribution in [0.3, 0.4) is 0 Å². The summed E-state index contributed by atoms with van der Waals surface area (Å²) in [5.41, 5.74) is 1.66. The molecule has 25 heavy (non-hydrogen) atoms. The molecule has 1 aromatic carbocycles. The van der Waals surface area contributed by atoms with Crippen molar-refractivity contribution in [2.75, 3.05) is 13.2 Å². The van der Waals surface area contributed by atoms with E-state index in [4.69, 9.17) is 9.47 Å². The van der Waals surface area contributed by atoms with E-state index in [1.165, 1.54) is 10.0 Å². The van der Waals surface area contributed by atoms with E-state index in [1.807, 2.05) is 24.3 Å². The topological polar surface area (TPSA) is 76.2 Å². The van der Waals surface area contributed by atoms with Crippen LogP contribution in [0.5, 0.6) is 0 Å². The highest BCUT2D eigenvalue weighted by Gasteiger charge is 2.65. The minimum Gasteiger partial charge on any atom is -0.448 e. The number of rotatable bonds is 2. The van der Waals surface area contributed by atoms with E-state index in [2.05, 4.69) is 0 Å². The third-order valence-corrected chi connectivity index (χ3v) is 5.36. The van der Waals surface area contributed by atoms with Crippen molar-refractivity contribution >= 4 is 18.0 Å². The number of ketones is 1. The molecule has 1 heterocycles. The highest BCUT2D eigenvalue weighted by atomic mass is 16.6. The molecule has 2 aliphatic carbocycles. The first-order chi connectivity index (χ1) is 12.1. The second kappa shape index (κ2) is 5.75. The van der Waals surface area contributed by atoms with Crippen molar-refractivity contribution in [3.05, 3.63) is 35.4 Å². The molecule has 7 nitrogen and oxygen atoms in total. The monoisotopic (exact) mass is 344 g/mol. The zero-order chi connectivity index (χ0) is 17.7. The van der Waals surface area contributed by atoms with Crippen LogP contribution in [0.1, 0.15) is 42.1 Å². The highest BCUT2D eigenvalue weighted by molar-refractivity contribution is 6.04. The van der Waals surface area contributed by atoms with Crippen molar-refractivity contribution in [2.24, 2.45) is 5.92 Å². The third kappa shape index (κ3) is 2.08. The number of ether oxygens (including phenoxy) is 2. The van der Waals surface area contributed by atoms with Gasteiger partial charge in [0.1, 0.15) is 0 Å². The molecular formula is C18H20N2O5. The first-order valence-corrected chi connectivity index (χ1v) is 8.65. The van der Waals surface area contributed by atoms with Gasteiger partial charge in [0.15, 0.2) is 5.78 Å². The molecule has 0 aromatic heterocycles. The number of fused-ring (bicyclic) bond motifs is 7. The van der Waals surface area contributed by atoms with E-state index in [0.29, 0.717) is 12.0 Å². The average Bonchev–Trinajstić information content (AvgIpc) is 3.25. The second-order valence-electron chi connectivity index (χ2n) is 6.46. The van der Waals surface area contributed by atoms with Crippen molar-refractivity contribution in [1.82, 2.24) is 10.0 Å². The normalized spacial score (nSPS) is 28.8. The van der Waals surface area contributed by atoms with E-state index < -0.39 is 12.2 Å². The number of carbonyl (C=O) groups is 3. The Kier molecular flexibility index (Phi) is 3.67. The number of amides is 2. The Morgan fingerprint density at radius 1 is 1.00 bits per heavy atom. The molecule has 1 saturated heterocycles. The van der Waals surface area contributed by atoms with E-state index in [0.717, 1.165) is 5.56 Å². The lowest BCUT2D eigenvalue weighted by Gasteiger charge is -2.41. The fraction of sp³-hybridized carbons (Fsp3) is 0.500. The van der Waals surface area contributed by atoms with Crippen LogP contribution in [0.15, 0.2) is 24.3 Å². The van der Waals surface area contributed by atoms with Crippen molar-refractivity contribution in [3.63, 3.8) is 0 Å². The standard InChI is InChI=1S/C18H20N2O5/c1-3-24-17(22)19-12-9-13(20(19)18(23)25-4-2)15-14(12)10-7-5-6-8-11(10)16(15)21/h5-8,12-15H,3-4,9H2,1-2H3/t12-,13+,14+,15-/m0/s1. The Hall–Kier alpha value is -2.57. The van der Waals surface area contributed by atoms with Gasteiger partial charge in [0.2, 0.25) is 0 Å². The van der Waals surface area contributed by atoms with E-state index >= 15 is 0 Å². The van der Waals surface area contributed by atoms with Crippen molar-refractivity contribution in [3.8, 4) is 0 Å². The van der Waals surface area contributed by atoms with Gasteiger partial charge in [-0.1, -0.05) is 24.3 Å². The molecule has 1 saturated carbocycles. The summed E-state index contributed by atoms with van der Waals surface area (Å²) in [4.78, 5) is 37.9. The summed E-state index contributed by atoms with van der Waals surface area (Å²) in [6.45, 7) is 3.84. The lowest BCUT2D eigenvalue weighted by Crippen LogP contribution is -2.58.